The molecule has 0 aliphatic carbocycles. The van der Waals surface area contributed by atoms with Gasteiger partial charge in [0, 0.05) is 56.5 Å². The van der Waals surface area contributed by atoms with Crippen molar-refractivity contribution in [1.29, 1.82) is 0 Å². The second kappa shape index (κ2) is 11.0. The van der Waals surface area contributed by atoms with Crippen LogP contribution in [0, 0.1) is 0 Å². The first-order chi connectivity index (χ1) is 12.1. The predicted octanol–water partition coefficient (Wildman–Crippen LogP) is 3.70. The fourth-order valence-electron chi connectivity index (χ4n) is 2.86. The number of ether oxygens (including phenoxy) is 2. The summed E-state index contributed by atoms with van der Waals surface area (Å²) in [5.74, 6) is 0.914. The van der Waals surface area contributed by atoms with Gasteiger partial charge in [-0.05, 0) is 37.0 Å². The van der Waals surface area contributed by atoms with Crippen molar-refractivity contribution in [3.63, 3.8) is 0 Å². The highest BCUT2D eigenvalue weighted by molar-refractivity contribution is 9.10. The van der Waals surface area contributed by atoms with E-state index in [0.717, 1.165) is 66.6 Å². The fraction of sp³-hybridized carbons (Fsp3) is 0.611. The van der Waals surface area contributed by atoms with Gasteiger partial charge in [0.25, 0.3) is 0 Å². The molecule has 2 rings (SSSR count). The van der Waals surface area contributed by atoms with Gasteiger partial charge in [0.05, 0.1) is 6.10 Å². The first-order valence-corrected chi connectivity index (χ1v) is 9.81. The van der Waals surface area contributed by atoms with Crippen LogP contribution in [0.5, 0.6) is 0 Å². The maximum absolute atomic E-state index is 6.28. The van der Waals surface area contributed by atoms with E-state index in [-0.39, 0.29) is 0 Å². The minimum Gasteiger partial charge on any atom is -0.385 e. The van der Waals surface area contributed by atoms with E-state index in [1.165, 1.54) is 0 Å². The Balaban J connectivity index is 1.76. The van der Waals surface area contributed by atoms with Crippen molar-refractivity contribution < 1.29 is 9.47 Å². The minimum absolute atomic E-state index is 0.340. The van der Waals surface area contributed by atoms with E-state index >= 15 is 0 Å². The van der Waals surface area contributed by atoms with Crippen molar-refractivity contribution in [1.82, 2.24) is 10.2 Å². The normalized spacial score (nSPS) is 16.3. The quantitative estimate of drug-likeness (QED) is 0.405. The van der Waals surface area contributed by atoms with Crippen LogP contribution >= 0.6 is 27.5 Å². The molecule has 0 unspecified atom stereocenters. The third-order valence-corrected chi connectivity index (χ3v) is 5.10. The van der Waals surface area contributed by atoms with Crippen molar-refractivity contribution in [2.75, 3.05) is 40.5 Å². The predicted molar refractivity (Wildman–Crippen MR) is 106 cm³/mol. The average molecular weight is 433 g/mol. The third-order valence-electron chi connectivity index (χ3n) is 4.25. The molecule has 0 aromatic heterocycles. The lowest BCUT2D eigenvalue weighted by Gasteiger charge is -2.34. The lowest BCUT2D eigenvalue weighted by atomic mass is 10.1. The molecule has 1 saturated heterocycles. The summed E-state index contributed by atoms with van der Waals surface area (Å²) in [6, 6.07) is 5.93. The average Bonchev–Trinajstić information content (AvgIpc) is 2.62. The summed E-state index contributed by atoms with van der Waals surface area (Å²) in [6.07, 6.45) is 3.33. The van der Waals surface area contributed by atoms with Gasteiger partial charge >= 0.3 is 0 Å². The smallest absolute Gasteiger partial charge is 0.193 e. The Kier molecular flexibility index (Phi) is 9.03. The first kappa shape index (κ1) is 20.5. The largest absolute Gasteiger partial charge is 0.385 e. The topological polar surface area (TPSA) is 46.1 Å². The van der Waals surface area contributed by atoms with E-state index in [1.54, 1.807) is 7.11 Å². The molecule has 0 radical (unpaired) electrons. The molecular weight excluding hydrogens is 406 g/mol. The zero-order chi connectivity index (χ0) is 18.1. The summed E-state index contributed by atoms with van der Waals surface area (Å²) in [5, 5.41) is 4.16. The molecule has 1 aliphatic heterocycles. The van der Waals surface area contributed by atoms with E-state index in [2.05, 4.69) is 31.1 Å². The number of methoxy groups -OCH3 is 1. The molecule has 140 valence electrons. The maximum Gasteiger partial charge on any atom is 0.193 e. The zero-order valence-corrected chi connectivity index (χ0v) is 17.3. The lowest BCUT2D eigenvalue weighted by Crippen LogP contribution is -2.46. The van der Waals surface area contributed by atoms with E-state index in [1.807, 2.05) is 25.2 Å². The summed E-state index contributed by atoms with van der Waals surface area (Å²) < 4.78 is 11.9. The molecular formula is C18H27BrClN3O2. The SMILES string of the molecule is CN=C(NCc1ccc(Br)cc1Cl)N1CCC(OCCCOC)CC1. The second-order valence-electron chi connectivity index (χ2n) is 6.04. The van der Waals surface area contributed by atoms with E-state index < -0.39 is 0 Å². The number of halogens is 2. The fourth-order valence-corrected chi connectivity index (χ4v) is 3.60. The molecule has 7 heteroatoms. The molecule has 1 fully saturated rings. The number of nitrogens with zero attached hydrogens (tertiary/aromatic N) is 2. The molecule has 0 atom stereocenters. The Morgan fingerprint density at radius 1 is 1.36 bits per heavy atom. The van der Waals surface area contributed by atoms with Crippen LogP contribution in [0.3, 0.4) is 0 Å². The van der Waals surface area contributed by atoms with Crippen LogP contribution in [0.15, 0.2) is 27.7 Å². The number of nitrogens with one attached hydrogen (secondary N) is 1. The Bertz CT molecular complexity index is 563. The number of likely N-dealkylation sites (tertiary alicyclic amines) is 1. The Morgan fingerprint density at radius 2 is 2.12 bits per heavy atom. The van der Waals surface area contributed by atoms with Gasteiger partial charge in [-0.15, -0.1) is 0 Å². The van der Waals surface area contributed by atoms with Gasteiger partial charge in [-0.1, -0.05) is 33.6 Å². The molecule has 1 N–H and O–H groups in total. The van der Waals surface area contributed by atoms with Gasteiger partial charge in [0.15, 0.2) is 5.96 Å². The van der Waals surface area contributed by atoms with Crippen molar-refractivity contribution in [3.8, 4) is 0 Å². The zero-order valence-electron chi connectivity index (χ0n) is 14.9. The van der Waals surface area contributed by atoms with Crippen LogP contribution in [0.2, 0.25) is 5.02 Å². The van der Waals surface area contributed by atoms with Gasteiger partial charge in [-0.25, -0.2) is 0 Å². The van der Waals surface area contributed by atoms with Crippen LogP contribution in [0.4, 0.5) is 0 Å². The summed E-state index contributed by atoms with van der Waals surface area (Å²) in [4.78, 5) is 6.69. The number of rotatable bonds is 7. The third kappa shape index (κ3) is 6.77. The van der Waals surface area contributed by atoms with Crippen LogP contribution < -0.4 is 5.32 Å². The monoisotopic (exact) mass is 431 g/mol. The maximum atomic E-state index is 6.28. The van der Waals surface area contributed by atoms with E-state index in [0.29, 0.717) is 12.6 Å². The van der Waals surface area contributed by atoms with Gasteiger partial charge in [0.2, 0.25) is 0 Å². The molecule has 1 aliphatic rings. The van der Waals surface area contributed by atoms with Crippen LogP contribution in [-0.4, -0.2) is 57.4 Å². The Hall–Kier alpha value is -0.820. The van der Waals surface area contributed by atoms with Crippen LogP contribution in [0.25, 0.3) is 0 Å². The van der Waals surface area contributed by atoms with Gasteiger partial charge < -0.3 is 19.7 Å². The molecule has 0 bridgehead atoms. The van der Waals surface area contributed by atoms with Gasteiger partial charge in [-0.2, -0.15) is 0 Å². The summed E-state index contributed by atoms with van der Waals surface area (Å²) in [6.45, 7) is 4.08. The highest BCUT2D eigenvalue weighted by Gasteiger charge is 2.21. The van der Waals surface area contributed by atoms with Gasteiger partial charge in [-0.3, -0.25) is 4.99 Å². The molecule has 0 amide bonds. The van der Waals surface area contributed by atoms with Crippen LogP contribution in [-0.2, 0) is 16.0 Å². The van der Waals surface area contributed by atoms with Crippen molar-refractivity contribution in [2.24, 2.45) is 4.99 Å². The second-order valence-corrected chi connectivity index (χ2v) is 7.36. The molecule has 0 saturated carbocycles. The molecule has 5 nitrogen and oxygen atoms in total. The standard InChI is InChI=1S/C18H27BrClN3O2/c1-21-18(22-13-14-4-5-15(19)12-17(14)20)23-8-6-16(7-9-23)25-11-3-10-24-2/h4-5,12,16H,3,6-11,13H2,1-2H3,(H,21,22). The summed E-state index contributed by atoms with van der Waals surface area (Å²) in [5.41, 5.74) is 1.06. The number of hydrogen-bond acceptors (Lipinski definition) is 3. The first-order valence-electron chi connectivity index (χ1n) is 8.64. The number of guanidine groups is 1. The number of hydrogen-bond donors (Lipinski definition) is 1. The van der Waals surface area contributed by atoms with Crippen molar-refractivity contribution in [2.45, 2.75) is 31.9 Å². The summed E-state index contributed by atoms with van der Waals surface area (Å²) >= 11 is 9.71. The van der Waals surface area contributed by atoms with Crippen molar-refractivity contribution in [3.05, 3.63) is 33.3 Å². The molecule has 1 aromatic carbocycles. The van der Waals surface area contributed by atoms with E-state index in [4.69, 9.17) is 21.1 Å². The van der Waals surface area contributed by atoms with Gasteiger partial charge in [0.1, 0.15) is 0 Å². The molecule has 0 spiro atoms. The Labute approximate surface area is 163 Å². The molecule has 1 aromatic rings. The van der Waals surface area contributed by atoms with Crippen LogP contribution in [0.1, 0.15) is 24.8 Å². The minimum atomic E-state index is 0.340. The molecule has 1 heterocycles. The lowest BCUT2D eigenvalue weighted by molar-refractivity contribution is 0.00990. The molecule has 25 heavy (non-hydrogen) atoms. The highest BCUT2D eigenvalue weighted by Crippen LogP contribution is 2.21. The number of piperidine rings is 1. The Morgan fingerprint density at radius 3 is 2.76 bits per heavy atom. The van der Waals surface area contributed by atoms with E-state index in [9.17, 15) is 0 Å². The number of benzene rings is 1. The highest BCUT2D eigenvalue weighted by atomic mass is 79.9. The summed E-state index contributed by atoms with van der Waals surface area (Å²) in [7, 11) is 3.54. The van der Waals surface area contributed by atoms with Crippen molar-refractivity contribution >= 4 is 33.5 Å². The number of aliphatic imine (C=N–C) groups is 1.